The first-order valence-electron chi connectivity index (χ1n) is 26.2. The van der Waals surface area contributed by atoms with E-state index in [2.05, 4.69) is 78.6 Å². The monoisotopic (exact) mass is 1120 g/mol. The third-order valence-corrected chi connectivity index (χ3v) is 17.7. The molecule has 0 bridgehead atoms. The number of imide groups is 2. The number of carbonyl (C=O) groups excluding carboxylic acids is 4. The third-order valence-electron chi connectivity index (χ3n) is 15.6. The first-order chi connectivity index (χ1) is 37.2. The van der Waals surface area contributed by atoms with Gasteiger partial charge in [0.1, 0.15) is 24.8 Å². The predicted molar refractivity (Wildman–Crippen MR) is 303 cm³/mol. The van der Waals surface area contributed by atoms with Crippen molar-refractivity contribution in [2.45, 2.75) is 37.8 Å². The van der Waals surface area contributed by atoms with Crippen molar-refractivity contribution in [2.24, 2.45) is 7.05 Å². The topological polar surface area (TPSA) is 194 Å². The summed E-state index contributed by atoms with van der Waals surface area (Å²) < 4.78 is 22.2. The number of carbonyl (C=O) groups is 4. The Morgan fingerprint density at radius 1 is 0.727 bits per heavy atom. The van der Waals surface area contributed by atoms with Crippen molar-refractivity contribution >= 4 is 86.5 Å². The number of anilines is 6. The second-order valence-corrected chi connectivity index (χ2v) is 24.9. The van der Waals surface area contributed by atoms with Crippen LogP contribution in [-0.4, -0.2) is 168 Å². The normalized spacial score (nSPS) is 19.2. The van der Waals surface area contributed by atoms with Crippen molar-refractivity contribution in [1.82, 2.24) is 44.7 Å². The lowest BCUT2D eigenvalue weighted by atomic mass is 9.98. The number of ether oxygens (including phenoxy) is 1. The summed E-state index contributed by atoms with van der Waals surface area (Å²) in [5.74, 6) is -0.438. The molecule has 400 valence electrons. The fourth-order valence-corrected chi connectivity index (χ4v) is 12.8. The quantitative estimate of drug-likeness (QED) is 0.0760. The summed E-state index contributed by atoms with van der Waals surface area (Å²) >= 11 is 3.64. The Balaban J connectivity index is 0.699. The lowest BCUT2D eigenvalue weighted by Crippen LogP contribution is -2.56. The number of hydrogen-bond acceptors (Lipinski definition) is 16. The highest BCUT2D eigenvalue weighted by Crippen LogP contribution is 2.43. The lowest BCUT2D eigenvalue weighted by molar-refractivity contribution is -0.136. The summed E-state index contributed by atoms with van der Waals surface area (Å²) in [5, 5.41) is 14.4. The Morgan fingerprint density at radius 2 is 1.45 bits per heavy atom. The molecule has 4 amide bonds. The van der Waals surface area contributed by atoms with E-state index in [0.29, 0.717) is 50.5 Å². The van der Waals surface area contributed by atoms with E-state index in [0.717, 1.165) is 129 Å². The van der Waals surface area contributed by atoms with E-state index in [-0.39, 0.29) is 12.8 Å². The van der Waals surface area contributed by atoms with Gasteiger partial charge in [0.2, 0.25) is 17.8 Å². The van der Waals surface area contributed by atoms with E-state index in [9.17, 15) is 23.7 Å². The highest BCUT2D eigenvalue weighted by Gasteiger charge is 2.45. The van der Waals surface area contributed by atoms with Gasteiger partial charge in [-0.1, -0.05) is 36.4 Å². The number of aryl methyl sites for hydroxylation is 1. The number of nitrogens with zero attached hydrogens (tertiary/aromatic N) is 10. The van der Waals surface area contributed by atoms with Gasteiger partial charge in [0.15, 0.2) is 0 Å². The molecule has 0 radical (unpaired) electrons. The molecule has 21 heteroatoms. The molecule has 7 heterocycles. The fourth-order valence-electron chi connectivity index (χ4n) is 11.4. The summed E-state index contributed by atoms with van der Waals surface area (Å²) in [6.45, 7) is 13.6. The maximum Gasteiger partial charge on any atom is 0.262 e. The Kier molecular flexibility index (Phi) is 14.8. The average molecular weight is 1130 g/mol. The molecule has 77 heavy (non-hydrogen) atoms. The van der Waals surface area contributed by atoms with Crippen LogP contribution in [0, 0.1) is 0 Å². The number of rotatable bonds is 14. The number of hydrogen-bond donors (Lipinski definition) is 3. The number of halogens is 1. The molecule has 4 fully saturated rings. The first-order valence-corrected chi connectivity index (χ1v) is 29.6. The van der Waals surface area contributed by atoms with Gasteiger partial charge in [-0.15, -0.1) is 0 Å². The molecule has 0 aliphatic carbocycles. The molecule has 0 spiro atoms. The molecule has 2 aromatic heterocycles. The summed E-state index contributed by atoms with van der Waals surface area (Å²) in [5.41, 5.74) is 8.02. The zero-order valence-corrected chi connectivity index (χ0v) is 46.2. The molecule has 19 nitrogen and oxygen atoms in total. The summed E-state index contributed by atoms with van der Waals surface area (Å²) in [7, 11) is 0.888. The molecular weight excluding hydrogens is 1060 g/mol. The number of benzene rings is 4. The van der Waals surface area contributed by atoms with E-state index < -0.39 is 36.8 Å². The second kappa shape index (κ2) is 21.8. The summed E-state index contributed by atoms with van der Waals surface area (Å²) in [6, 6.07) is 25.1. The molecule has 5 aliphatic heterocycles. The molecule has 4 saturated heterocycles. The van der Waals surface area contributed by atoms with Crippen LogP contribution in [-0.2, 0) is 21.2 Å². The first kappa shape index (κ1) is 52.1. The zero-order chi connectivity index (χ0) is 53.5. The van der Waals surface area contributed by atoms with Crippen LogP contribution < -0.4 is 35.8 Å². The molecule has 11 rings (SSSR count). The van der Waals surface area contributed by atoms with Crippen molar-refractivity contribution in [3.05, 3.63) is 113 Å². The number of amides is 4. The van der Waals surface area contributed by atoms with E-state index in [1.165, 1.54) is 0 Å². The van der Waals surface area contributed by atoms with Gasteiger partial charge in [0.05, 0.1) is 46.9 Å². The minimum atomic E-state index is -2.71. The molecular formula is C56H63BrN13O6P. The maximum atomic E-state index is 13.7. The standard InChI is InChI=1S/C56H63BrN13O6P/c1-64-34-38(32-59-64)42-30-46(61-56-58-33-44(57)52(63-56)60-45-13-10-37(28-50(45)77(3,4)75)36-8-6-5-7-9-36)49(76-2)31-48(42)69-18-16-39(17-19-69)67-24-20-65(21-25-67)35-66-22-26-68(27-23-66)40-11-12-41-43(29-40)55(74)70(54(41)73)47-14-15-51(71)62-53(47)72/h5-13,28-34,39,47H,14-27,35H2,1-4H3,(H,62,71,72)(H2,58,60,61,63). The number of piperidine rings is 2. The van der Waals surface area contributed by atoms with Crippen molar-refractivity contribution in [2.75, 3.05) is 113 Å². The van der Waals surface area contributed by atoms with Gasteiger partial charge in [-0.3, -0.25) is 48.8 Å². The SMILES string of the molecule is COc1cc(N2CCC(N3CCN(CN4CCN(c5ccc6c(c5)C(=O)N(C5CCC(=O)NC5=O)C6=O)CC4)CC3)CC2)c(-c2cnn(C)c2)cc1Nc1ncc(Br)c(Nc2ccc(-c3ccccc3)cc2P(C)(C)=O)n1. The molecule has 0 saturated carbocycles. The van der Waals surface area contributed by atoms with Crippen LogP contribution in [0.25, 0.3) is 22.3 Å². The Labute approximate surface area is 456 Å². The third kappa shape index (κ3) is 11.0. The van der Waals surface area contributed by atoms with Crippen molar-refractivity contribution in [1.29, 1.82) is 0 Å². The molecule has 6 aromatic rings. The van der Waals surface area contributed by atoms with Gasteiger partial charge in [-0.05, 0) is 96.0 Å². The largest absolute Gasteiger partial charge is 0.494 e. The molecule has 5 aliphatic rings. The van der Waals surface area contributed by atoms with Crippen LogP contribution in [0.1, 0.15) is 46.4 Å². The van der Waals surface area contributed by atoms with Gasteiger partial charge >= 0.3 is 0 Å². The Morgan fingerprint density at radius 3 is 2.14 bits per heavy atom. The van der Waals surface area contributed by atoms with E-state index in [1.807, 2.05) is 78.7 Å². The molecule has 4 aromatic carbocycles. The van der Waals surface area contributed by atoms with Crippen LogP contribution in [0.4, 0.5) is 34.5 Å². The molecule has 1 unspecified atom stereocenters. The van der Waals surface area contributed by atoms with Gasteiger partial charge < -0.3 is 29.7 Å². The number of fused-ring (bicyclic) bond motifs is 1. The van der Waals surface area contributed by atoms with Gasteiger partial charge in [0, 0.05) is 131 Å². The fraction of sp³-hybridized carbons (Fsp3) is 0.375. The minimum Gasteiger partial charge on any atom is -0.494 e. The highest BCUT2D eigenvalue weighted by atomic mass is 79.9. The van der Waals surface area contributed by atoms with Crippen LogP contribution in [0.3, 0.4) is 0 Å². The van der Waals surface area contributed by atoms with E-state index in [4.69, 9.17) is 9.72 Å². The smallest absolute Gasteiger partial charge is 0.262 e. The van der Waals surface area contributed by atoms with Gasteiger partial charge in [-0.2, -0.15) is 10.1 Å². The maximum absolute atomic E-state index is 13.7. The second-order valence-electron chi connectivity index (χ2n) is 20.9. The number of aromatic nitrogens is 4. The zero-order valence-electron chi connectivity index (χ0n) is 43.7. The van der Waals surface area contributed by atoms with Crippen LogP contribution >= 0.6 is 23.1 Å². The Hall–Kier alpha value is -6.96. The summed E-state index contributed by atoms with van der Waals surface area (Å²) in [6.07, 6.45) is 7.92. The van der Waals surface area contributed by atoms with Crippen molar-refractivity contribution in [3.8, 4) is 28.0 Å². The number of nitrogens with one attached hydrogen (secondary N) is 3. The molecule has 1 atom stereocenters. The highest BCUT2D eigenvalue weighted by molar-refractivity contribution is 9.10. The lowest BCUT2D eigenvalue weighted by Gasteiger charge is -2.45. The van der Waals surface area contributed by atoms with E-state index >= 15 is 0 Å². The summed E-state index contributed by atoms with van der Waals surface area (Å²) in [4.78, 5) is 74.0. The minimum absolute atomic E-state index is 0.0892. The Bertz CT molecular complexity index is 3290. The van der Waals surface area contributed by atoms with Crippen LogP contribution in [0.15, 0.2) is 102 Å². The van der Waals surface area contributed by atoms with Crippen LogP contribution in [0.2, 0.25) is 0 Å². The predicted octanol–water partition coefficient (Wildman–Crippen LogP) is 6.82. The van der Waals surface area contributed by atoms with Gasteiger partial charge in [-0.25, -0.2) is 4.98 Å². The average Bonchev–Trinajstić information content (AvgIpc) is 3.99. The van der Waals surface area contributed by atoms with Crippen LogP contribution in [0.5, 0.6) is 5.75 Å². The van der Waals surface area contributed by atoms with Crippen molar-refractivity contribution < 1.29 is 28.5 Å². The molecule has 3 N–H and O–H groups in total. The number of piperazine rings is 2. The van der Waals surface area contributed by atoms with Crippen molar-refractivity contribution in [3.63, 3.8) is 0 Å². The van der Waals surface area contributed by atoms with E-state index in [1.54, 1.807) is 38.8 Å². The number of methoxy groups -OCH3 is 1. The van der Waals surface area contributed by atoms with Gasteiger partial charge in [0.25, 0.3) is 11.8 Å².